The van der Waals surface area contributed by atoms with E-state index < -0.39 is 6.03 Å². The molecule has 1 atom stereocenters. The molecule has 3 amide bonds. The molecule has 0 spiro atoms. The maximum absolute atomic E-state index is 13.3. The zero-order valence-electron chi connectivity index (χ0n) is 16.8. The van der Waals surface area contributed by atoms with E-state index in [0.717, 1.165) is 47.5 Å². The Bertz CT molecular complexity index is 1090. The first-order valence-electron chi connectivity index (χ1n) is 10.1. The highest BCUT2D eigenvalue weighted by atomic mass is 32.1. The van der Waals surface area contributed by atoms with Gasteiger partial charge in [-0.05, 0) is 60.3 Å². The Morgan fingerprint density at radius 3 is 2.55 bits per heavy atom. The Balaban J connectivity index is 1.64. The van der Waals surface area contributed by atoms with E-state index in [0.29, 0.717) is 10.6 Å². The van der Waals surface area contributed by atoms with Crippen molar-refractivity contribution in [2.24, 2.45) is 5.73 Å². The molecule has 0 saturated carbocycles. The smallest absolute Gasteiger partial charge is 0.316 e. The van der Waals surface area contributed by atoms with E-state index in [-0.39, 0.29) is 17.8 Å². The van der Waals surface area contributed by atoms with Crippen LogP contribution >= 0.6 is 11.3 Å². The second-order valence-electron chi connectivity index (χ2n) is 7.45. The summed E-state index contributed by atoms with van der Waals surface area (Å²) in [6.45, 7) is 1.68. The van der Waals surface area contributed by atoms with Crippen LogP contribution in [0.2, 0.25) is 0 Å². The standard InChI is InChI=1S/C23H23FN4O2S/c24-17-8-6-14(7-9-17)15-3-1-4-16(11-15)20-12-19(28-23(25)30)21(31-20)22(29)27-18-5-2-10-26-13-18/h1,3-4,6-9,11-12,18,26H,2,5,10,13H2,(H,27,29)(H3,25,28,30)/t18-/m1/s1. The molecule has 1 aliphatic heterocycles. The number of thiophene rings is 1. The number of hydrogen-bond donors (Lipinski definition) is 4. The van der Waals surface area contributed by atoms with Crippen molar-refractivity contribution in [2.75, 3.05) is 18.4 Å². The number of piperidine rings is 1. The van der Waals surface area contributed by atoms with E-state index in [1.165, 1.54) is 23.5 Å². The fourth-order valence-electron chi connectivity index (χ4n) is 3.65. The normalized spacial score (nSPS) is 16.0. The molecule has 2 aromatic carbocycles. The Kier molecular flexibility index (Phi) is 6.29. The molecule has 160 valence electrons. The third kappa shape index (κ3) is 5.10. The first-order valence-corrected chi connectivity index (χ1v) is 10.9. The summed E-state index contributed by atoms with van der Waals surface area (Å²) in [5.74, 6) is -0.521. The van der Waals surface area contributed by atoms with Gasteiger partial charge in [-0.2, -0.15) is 0 Å². The zero-order chi connectivity index (χ0) is 21.8. The van der Waals surface area contributed by atoms with Crippen LogP contribution in [0.5, 0.6) is 0 Å². The minimum Gasteiger partial charge on any atom is -0.351 e. The molecule has 0 radical (unpaired) electrons. The zero-order valence-corrected chi connectivity index (χ0v) is 17.6. The fraction of sp³-hybridized carbons (Fsp3) is 0.217. The predicted octanol–water partition coefficient (Wildman–Crippen LogP) is 4.19. The second kappa shape index (κ2) is 9.28. The molecular weight excluding hydrogens is 415 g/mol. The minimum absolute atomic E-state index is 0.0510. The van der Waals surface area contributed by atoms with Gasteiger partial charge in [-0.15, -0.1) is 11.3 Å². The average Bonchev–Trinajstić information content (AvgIpc) is 3.18. The van der Waals surface area contributed by atoms with E-state index in [1.54, 1.807) is 18.2 Å². The number of primary amides is 1. The summed E-state index contributed by atoms with van der Waals surface area (Å²) in [5.41, 5.74) is 8.41. The van der Waals surface area contributed by atoms with Gasteiger partial charge in [0, 0.05) is 17.5 Å². The molecule has 2 heterocycles. The third-order valence-electron chi connectivity index (χ3n) is 5.15. The van der Waals surface area contributed by atoms with E-state index in [2.05, 4.69) is 16.0 Å². The Labute approximate surface area is 183 Å². The highest BCUT2D eigenvalue weighted by molar-refractivity contribution is 7.18. The predicted molar refractivity (Wildman–Crippen MR) is 122 cm³/mol. The molecule has 4 rings (SSSR count). The van der Waals surface area contributed by atoms with E-state index >= 15 is 0 Å². The molecular formula is C23H23FN4O2S. The van der Waals surface area contributed by atoms with Gasteiger partial charge in [0.05, 0.1) is 5.69 Å². The summed E-state index contributed by atoms with van der Waals surface area (Å²) < 4.78 is 13.3. The summed E-state index contributed by atoms with van der Waals surface area (Å²) in [5, 5.41) is 8.87. The number of carbonyl (C=O) groups is 2. The van der Waals surface area contributed by atoms with Gasteiger partial charge in [0.25, 0.3) is 5.91 Å². The molecule has 8 heteroatoms. The van der Waals surface area contributed by atoms with Crippen LogP contribution in [0, 0.1) is 5.82 Å². The summed E-state index contributed by atoms with van der Waals surface area (Å²) in [7, 11) is 0. The molecule has 6 nitrogen and oxygen atoms in total. The number of benzene rings is 2. The van der Waals surface area contributed by atoms with Gasteiger partial charge in [-0.25, -0.2) is 9.18 Å². The number of nitrogens with two attached hydrogens (primary N) is 1. The van der Waals surface area contributed by atoms with E-state index in [9.17, 15) is 14.0 Å². The number of anilines is 1. The van der Waals surface area contributed by atoms with Crippen molar-refractivity contribution in [3.63, 3.8) is 0 Å². The SMILES string of the molecule is NC(=O)Nc1cc(-c2cccc(-c3ccc(F)cc3)c2)sc1C(=O)N[C@@H]1CCCNC1. The first kappa shape index (κ1) is 21.0. The Morgan fingerprint density at radius 2 is 1.84 bits per heavy atom. The number of nitrogens with one attached hydrogen (secondary N) is 3. The minimum atomic E-state index is -0.724. The van der Waals surface area contributed by atoms with Gasteiger partial charge in [0.15, 0.2) is 0 Å². The highest BCUT2D eigenvalue weighted by Gasteiger charge is 2.22. The lowest BCUT2D eigenvalue weighted by Crippen LogP contribution is -2.45. The molecule has 1 saturated heterocycles. The summed E-state index contributed by atoms with van der Waals surface area (Å²) in [6, 6.07) is 15.1. The molecule has 3 aromatic rings. The maximum atomic E-state index is 13.3. The van der Waals surface area contributed by atoms with Crippen molar-refractivity contribution < 1.29 is 14.0 Å². The van der Waals surface area contributed by atoms with E-state index in [1.807, 2.05) is 24.3 Å². The largest absolute Gasteiger partial charge is 0.351 e. The lowest BCUT2D eigenvalue weighted by atomic mass is 10.0. The van der Waals surface area contributed by atoms with Crippen molar-refractivity contribution in [3.05, 3.63) is 65.3 Å². The molecule has 31 heavy (non-hydrogen) atoms. The molecule has 1 aliphatic rings. The molecule has 0 unspecified atom stereocenters. The topological polar surface area (TPSA) is 96.2 Å². The van der Waals surface area contributed by atoms with Crippen molar-refractivity contribution >= 4 is 29.0 Å². The number of halogens is 1. The first-order chi connectivity index (χ1) is 15.0. The number of amides is 3. The van der Waals surface area contributed by atoms with Gasteiger partial charge in [-0.1, -0.05) is 30.3 Å². The van der Waals surface area contributed by atoms with Gasteiger partial charge < -0.3 is 21.7 Å². The summed E-state index contributed by atoms with van der Waals surface area (Å²) >= 11 is 1.29. The van der Waals surface area contributed by atoms with Crippen LogP contribution in [0.25, 0.3) is 21.6 Å². The molecule has 0 aliphatic carbocycles. The van der Waals surface area contributed by atoms with Crippen LogP contribution in [-0.4, -0.2) is 31.1 Å². The highest BCUT2D eigenvalue weighted by Crippen LogP contribution is 2.36. The van der Waals surface area contributed by atoms with Gasteiger partial charge in [0.2, 0.25) is 0 Å². The van der Waals surface area contributed by atoms with Crippen LogP contribution in [0.3, 0.4) is 0 Å². The molecule has 5 N–H and O–H groups in total. The van der Waals surface area contributed by atoms with Crippen LogP contribution in [0.15, 0.2) is 54.6 Å². The van der Waals surface area contributed by atoms with Crippen LogP contribution in [-0.2, 0) is 0 Å². The van der Waals surface area contributed by atoms with Crippen molar-refractivity contribution in [3.8, 4) is 21.6 Å². The summed E-state index contributed by atoms with van der Waals surface area (Å²) in [4.78, 5) is 25.6. The van der Waals surface area contributed by atoms with Gasteiger partial charge >= 0.3 is 6.03 Å². The second-order valence-corrected chi connectivity index (χ2v) is 8.50. The lowest BCUT2D eigenvalue weighted by molar-refractivity contribution is 0.0935. The van der Waals surface area contributed by atoms with Gasteiger partial charge in [0.1, 0.15) is 10.7 Å². The van der Waals surface area contributed by atoms with Crippen molar-refractivity contribution in [1.29, 1.82) is 0 Å². The third-order valence-corrected chi connectivity index (χ3v) is 6.34. The Morgan fingerprint density at radius 1 is 1.06 bits per heavy atom. The number of carbonyl (C=O) groups excluding carboxylic acids is 2. The quantitative estimate of drug-likeness (QED) is 0.481. The molecule has 0 bridgehead atoms. The van der Waals surface area contributed by atoms with Gasteiger partial charge in [-0.3, -0.25) is 4.79 Å². The fourth-order valence-corrected chi connectivity index (χ4v) is 4.66. The van der Waals surface area contributed by atoms with Crippen LogP contribution in [0.4, 0.5) is 14.9 Å². The Hall–Kier alpha value is -3.23. The monoisotopic (exact) mass is 438 g/mol. The lowest BCUT2D eigenvalue weighted by Gasteiger charge is -2.23. The summed E-state index contributed by atoms with van der Waals surface area (Å²) in [6.07, 6.45) is 1.92. The van der Waals surface area contributed by atoms with Crippen LogP contribution in [0.1, 0.15) is 22.5 Å². The number of hydrogen-bond acceptors (Lipinski definition) is 4. The number of urea groups is 1. The average molecular weight is 439 g/mol. The number of rotatable bonds is 5. The van der Waals surface area contributed by atoms with Crippen molar-refractivity contribution in [1.82, 2.24) is 10.6 Å². The van der Waals surface area contributed by atoms with E-state index in [4.69, 9.17) is 5.73 Å². The van der Waals surface area contributed by atoms with Crippen molar-refractivity contribution in [2.45, 2.75) is 18.9 Å². The molecule has 1 aromatic heterocycles. The maximum Gasteiger partial charge on any atom is 0.316 e. The van der Waals surface area contributed by atoms with Crippen LogP contribution < -0.4 is 21.7 Å². The molecule has 1 fully saturated rings.